The number of hydrogen-bond donors (Lipinski definition) is 1. The first kappa shape index (κ1) is 9.18. The molecule has 2 heterocycles. The molecule has 0 unspecified atom stereocenters. The van der Waals surface area contributed by atoms with Crippen molar-refractivity contribution in [1.82, 2.24) is 9.78 Å². The Balaban J connectivity index is 2.51. The van der Waals surface area contributed by atoms with Crippen LogP contribution in [0.4, 0.5) is 0 Å². The van der Waals surface area contributed by atoms with Crippen LogP contribution in [0, 0.1) is 0 Å². The van der Waals surface area contributed by atoms with Gasteiger partial charge in [0.1, 0.15) is 0 Å². The van der Waals surface area contributed by atoms with Gasteiger partial charge in [-0.1, -0.05) is 12.6 Å². The summed E-state index contributed by atoms with van der Waals surface area (Å²) >= 11 is 1.68. The van der Waals surface area contributed by atoms with Crippen molar-refractivity contribution in [1.29, 1.82) is 0 Å². The standard InChI is InChI=1S/C10H11N3S/c1-2-13-9(6-8(7-11)12-13)10-4-3-5-14-10/h2-6H,1,7,11H2. The molecule has 0 aliphatic heterocycles. The summed E-state index contributed by atoms with van der Waals surface area (Å²) in [5.74, 6) is 0. The molecule has 0 bridgehead atoms. The average molecular weight is 205 g/mol. The number of rotatable bonds is 3. The molecule has 0 fully saturated rings. The number of aromatic nitrogens is 2. The van der Waals surface area contributed by atoms with Crippen LogP contribution in [0.3, 0.4) is 0 Å². The lowest BCUT2D eigenvalue weighted by Gasteiger charge is -1.96. The van der Waals surface area contributed by atoms with Gasteiger partial charge in [-0.15, -0.1) is 11.3 Å². The van der Waals surface area contributed by atoms with Crippen LogP contribution in [0.1, 0.15) is 5.69 Å². The zero-order valence-electron chi connectivity index (χ0n) is 7.68. The van der Waals surface area contributed by atoms with E-state index in [-0.39, 0.29) is 0 Å². The molecule has 0 aromatic carbocycles. The van der Waals surface area contributed by atoms with Crippen LogP contribution in [0.2, 0.25) is 0 Å². The molecule has 2 aromatic heterocycles. The molecular weight excluding hydrogens is 194 g/mol. The van der Waals surface area contributed by atoms with Crippen molar-refractivity contribution in [2.45, 2.75) is 6.54 Å². The molecule has 0 aliphatic carbocycles. The molecule has 0 amide bonds. The van der Waals surface area contributed by atoms with E-state index in [1.54, 1.807) is 22.2 Å². The molecule has 14 heavy (non-hydrogen) atoms. The molecule has 0 saturated heterocycles. The lowest BCUT2D eigenvalue weighted by molar-refractivity contribution is 0.876. The first-order chi connectivity index (χ1) is 6.85. The normalized spacial score (nSPS) is 10.4. The smallest absolute Gasteiger partial charge is 0.0836 e. The van der Waals surface area contributed by atoms with E-state index >= 15 is 0 Å². The van der Waals surface area contributed by atoms with E-state index in [1.807, 2.05) is 17.5 Å². The molecule has 0 saturated carbocycles. The van der Waals surface area contributed by atoms with E-state index < -0.39 is 0 Å². The van der Waals surface area contributed by atoms with E-state index in [0.29, 0.717) is 6.54 Å². The summed E-state index contributed by atoms with van der Waals surface area (Å²) in [6, 6.07) is 6.07. The second-order valence-electron chi connectivity index (χ2n) is 2.83. The third kappa shape index (κ3) is 1.49. The van der Waals surface area contributed by atoms with E-state index in [9.17, 15) is 0 Å². The van der Waals surface area contributed by atoms with Crippen molar-refractivity contribution in [3.63, 3.8) is 0 Å². The van der Waals surface area contributed by atoms with Gasteiger partial charge in [0, 0.05) is 12.7 Å². The Bertz CT molecular complexity index is 428. The number of thiophene rings is 1. The van der Waals surface area contributed by atoms with Crippen LogP contribution in [0.15, 0.2) is 30.2 Å². The Morgan fingerprint density at radius 2 is 2.50 bits per heavy atom. The molecule has 2 N–H and O–H groups in total. The van der Waals surface area contributed by atoms with Crippen molar-refractivity contribution >= 4 is 17.5 Å². The second-order valence-corrected chi connectivity index (χ2v) is 3.78. The van der Waals surface area contributed by atoms with Gasteiger partial charge in [-0.3, -0.25) is 0 Å². The topological polar surface area (TPSA) is 43.8 Å². The summed E-state index contributed by atoms with van der Waals surface area (Å²) in [5.41, 5.74) is 7.47. The van der Waals surface area contributed by atoms with Crippen molar-refractivity contribution in [2.24, 2.45) is 5.73 Å². The van der Waals surface area contributed by atoms with Gasteiger partial charge in [0.05, 0.1) is 16.3 Å². The van der Waals surface area contributed by atoms with Gasteiger partial charge in [0.25, 0.3) is 0 Å². The summed E-state index contributed by atoms with van der Waals surface area (Å²) in [5, 5.41) is 6.32. The van der Waals surface area contributed by atoms with Gasteiger partial charge in [-0.05, 0) is 17.5 Å². The largest absolute Gasteiger partial charge is 0.325 e. The molecule has 72 valence electrons. The van der Waals surface area contributed by atoms with Gasteiger partial charge in [0.2, 0.25) is 0 Å². The summed E-state index contributed by atoms with van der Waals surface area (Å²) in [6.07, 6.45) is 1.69. The van der Waals surface area contributed by atoms with E-state index in [4.69, 9.17) is 5.73 Å². The van der Waals surface area contributed by atoms with Crippen LogP contribution in [0.25, 0.3) is 16.8 Å². The van der Waals surface area contributed by atoms with Gasteiger partial charge < -0.3 is 5.73 Å². The Morgan fingerprint density at radius 3 is 3.07 bits per heavy atom. The lowest BCUT2D eigenvalue weighted by Crippen LogP contribution is -1.97. The highest BCUT2D eigenvalue weighted by Crippen LogP contribution is 2.25. The average Bonchev–Trinajstić information content (AvgIpc) is 2.85. The maximum atomic E-state index is 5.53. The minimum Gasteiger partial charge on any atom is -0.325 e. The highest BCUT2D eigenvalue weighted by molar-refractivity contribution is 7.13. The summed E-state index contributed by atoms with van der Waals surface area (Å²) in [7, 11) is 0. The van der Waals surface area contributed by atoms with Crippen molar-refractivity contribution in [3.05, 3.63) is 35.9 Å². The first-order valence-corrected chi connectivity index (χ1v) is 5.18. The minimum atomic E-state index is 0.458. The van der Waals surface area contributed by atoms with E-state index in [1.165, 1.54) is 4.88 Å². The fraction of sp³-hybridized carbons (Fsp3) is 0.100. The molecule has 2 rings (SSSR count). The Kier molecular flexibility index (Phi) is 2.47. The van der Waals surface area contributed by atoms with E-state index in [0.717, 1.165) is 11.4 Å². The third-order valence-corrected chi connectivity index (χ3v) is 2.83. The fourth-order valence-corrected chi connectivity index (χ4v) is 2.03. The van der Waals surface area contributed by atoms with Gasteiger partial charge in [-0.2, -0.15) is 5.10 Å². The highest BCUT2D eigenvalue weighted by Gasteiger charge is 2.07. The lowest BCUT2D eigenvalue weighted by atomic mass is 10.3. The summed E-state index contributed by atoms with van der Waals surface area (Å²) in [4.78, 5) is 1.18. The zero-order chi connectivity index (χ0) is 9.97. The highest BCUT2D eigenvalue weighted by atomic mass is 32.1. The predicted molar refractivity (Wildman–Crippen MR) is 59.8 cm³/mol. The maximum absolute atomic E-state index is 5.53. The van der Waals surface area contributed by atoms with Crippen LogP contribution >= 0.6 is 11.3 Å². The Hall–Kier alpha value is -1.39. The number of nitrogens with zero attached hydrogens (tertiary/aromatic N) is 2. The van der Waals surface area contributed by atoms with Crippen molar-refractivity contribution in [2.75, 3.05) is 0 Å². The molecular formula is C10H11N3S. The van der Waals surface area contributed by atoms with Crippen LogP contribution < -0.4 is 5.73 Å². The Morgan fingerprint density at radius 1 is 1.64 bits per heavy atom. The Labute approximate surface area is 86.5 Å². The molecule has 2 aromatic rings. The second kappa shape index (κ2) is 3.77. The van der Waals surface area contributed by atoms with Crippen LogP contribution in [-0.4, -0.2) is 9.78 Å². The number of nitrogens with two attached hydrogens (primary N) is 1. The number of hydrogen-bond acceptors (Lipinski definition) is 3. The quantitative estimate of drug-likeness (QED) is 0.834. The minimum absolute atomic E-state index is 0.458. The molecule has 3 nitrogen and oxygen atoms in total. The predicted octanol–water partition coefficient (Wildman–Crippen LogP) is 2.17. The van der Waals surface area contributed by atoms with Crippen molar-refractivity contribution < 1.29 is 0 Å². The van der Waals surface area contributed by atoms with Gasteiger partial charge in [0.15, 0.2) is 0 Å². The van der Waals surface area contributed by atoms with E-state index in [2.05, 4.69) is 17.7 Å². The van der Waals surface area contributed by atoms with Gasteiger partial charge in [-0.25, -0.2) is 4.68 Å². The SMILES string of the molecule is C=Cn1nc(CN)cc1-c1cccs1. The van der Waals surface area contributed by atoms with Crippen LogP contribution in [-0.2, 0) is 6.54 Å². The molecule has 0 radical (unpaired) electrons. The van der Waals surface area contributed by atoms with Crippen LogP contribution in [0.5, 0.6) is 0 Å². The van der Waals surface area contributed by atoms with Crippen molar-refractivity contribution in [3.8, 4) is 10.6 Å². The molecule has 0 spiro atoms. The molecule has 0 aliphatic rings. The monoisotopic (exact) mass is 205 g/mol. The molecule has 0 atom stereocenters. The summed E-state index contributed by atoms with van der Waals surface area (Å²) < 4.78 is 1.76. The third-order valence-electron chi connectivity index (χ3n) is 1.94. The zero-order valence-corrected chi connectivity index (χ0v) is 8.50. The molecule has 4 heteroatoms. The summed E-state index contributed by atoms with van der Waals surface area (Å²) in [6.45, 7) is 4.17. The van der Waals surface area contributed by atoms with Gasteiger partial charge >= 0.3 is 0 Å². The first-order valence-electron chi connectivity index (χ1n) is 4.30. The maximum Gasteiger partial charge on any atom is 0.0836 e. The fourth-order valence-electron chi connectivity index (χ4n) is 1.29.